The minimum atomic E-state index is -4.99. The van der Waals surface area contributed by atoms with E-state index >= 15 is 0 Å². The maximum atomic E-state index is 13.9. The third-order valence-electron chi connectivity index (χ3n) is 8.07. The molecule has 4 atom stereocenters. The van der Waals surface area contributed by atoms with Crippen molar-refractivity contribution in [3.8, 4) is 0 Å². The maximum Gasteiger partial charge on any atom is 0.416 e. The molecular formula is C28H30F7N3O3. The molecular weight excluding hydrogens is 559 g/mol. The van der Waals surface area contributed by atoms with Gasteiger partial charge in [-0.15, -0.1) is 0 Å². The Bertz CT molecular complexity index is 1280. The number of carbonyl (C=O) groups excluding carboxylic acids is 1. The van der Waals surface area contributed by atoms with Gasteiger partial charge >= 0.3 is 24.4 Å². The summed E-state index contributed by atoms with van der Waals surface area (Å²) < 4.78 is 93.7. The van der Waals surface area contributed by atoms with Gasteiger partial charge in [0.05, 0.1) is 17.2 Å². The van der Waals surface area contributed by atoms with Gasteiger partial charge in [-0.3, -0.25) is 10.1 Å². The number of aliphatic carboxylic acids is 1. The SMILES string of the molecule is Cc1cc(F)ccc1[C@H]1C[C@]2(CC[C@H](C(=O)O)N2)CCN1C(=O)NC[C@@H](C)c1cc(C(F)(F)F)cc(C(F)(F)F)c1. The number of benzene rings is 2. The van der Waals surface area contributed by atoms with Gasteiger partial charge < -0.3 is 15.3 Å². The highest BCUT2D eigenvalue weighted by Gasteiger charge is 2.48. The third kappa shape index (κ3) is 6.77. The maximum absolute atomic E-state index is 13.9. The first-order valence-electron chi connectivity index (χ1n) is 13.1. The Morgan fingerprint density at radius 1 is 1.07 bits per heavy atom. The summed E-state index contributed by atoms with van der Waals surface area (Å²) in [6.07, 6.45) is -8.24. The van der Waals surface area contributed by atoms with Crippen LogP contribution in [0.15, 0.2) is 36.4 Å². The van der Waals surface area contributed by atoms with Crippen LogP contribution in [0.1, 0.15) is 72.4 Å². The largest absolute Gasteiger partial charge is 0.480 e. The van der Waals surface area contributed by atoms with Crippen molar-refractivity contribution in [3.63, 3.8) is 0 Å². The molecule has 2 saturated heterocycles. The van der Waals surface area contributed by atoms with Crippen molar-refractivity contribution in [2.75, 3.05) is 13.1 Å². The summed E-state index contributed by atoms with van der Waals surface area (Å²) in [6.45, 7) is 3.05. The zero-order valence-electron chi connectivity index (χ0n) is 22.3. The number of halogens is 7. The number of piperidine rings is 1. The number of nitrogens with one attached hydrogen (secondary N) is 2. The predicted molar refractivity (Wildman–Crippen MR) is 135 cm³/mol. The molecule has 224 valence electrons. The molecule has 2 aromatic rings. The normalized spacial score (nSPS) is 24.0. The van der Waals surface area contributed by atoms with Gasteiger partial charge in [-0.25, -0.2) is 9.18 Å². The van der Waals surface area contributed by atoms with E-state index in [2.05, 4.69) is 10.6 Å². The Balaban J connectivity index is 1.55. The Hall–Kier alpha value is -3.35. The van der Waals surface area contributed by atoms with Crippen molar-refractivity contribution >= 4 is 12.0 Å². The number of nitrogens with zero attached hydrogens (tertiary/aromatic N) is 1. The van der Waals surface area contributed by atoms with Crippen LogP contribution in [0.4, 0.5) is 35.5 Å². The molecule has 0 bridgehead atoms. The Morgan fingerprint density at radius 3 is 2.24 bits per heavy atom. The summed E-state index contributed by atoms with van der Waals surface area (Å²) in [5.41, 5.74) is -2.43. The Morgan fingerprint density at radius 2 is 1.71 bits per heavy atom. The molecule has 2 aliphatic rings. The van der Waals surface area contributed by atoms with Crippen LogP contribution in [0.2, 0.25) is 0 Å². The van der Waals surface area contributed by atoms with Crippen LogP contribution in [0.25, 0.3) is 0 Å². The van der Waals surface area contributed by atoms with E-state index in [0.717, 1.165) is 0 Å². The molecule has 0 aromatic heterocycles. The number of carbonyl (C=O) groups is 2. The molecule has 2 amide bonds. The number of likely N-dealkylation sites (tertiary alicyclic amines) is 1. The molecule has 0 aliphatic carbocycles. The molecule has 0 saturated carbocycles. The molecule has 0 radical (unpaired) electrons. The molecule has 6 nitrogen and oxygen atoms in total. The molecule has 2 heterocycles. The number of alkyl halides is 6. The number of aryl methyl sites for hydroxylation is 1. The van der Waals surface area contributed by atoms with Crippen molar-refractivity contribution in [1.82, 2.24) is 15.5 Å². The van der Waals surface area contributed by atoms with E-state index in [-0.39, 0.29) is 24.7 Å². The van der Waals surface area contributed by atoms with Gasteiger partial charge in [-0.2, -0.15) is 26.3 Å². The fraction of sp³-hybridized carbons (Fsp3) is 0.500. The lowest BCUT2D eigenvalue weighted by atomic mass is 9.79. The molecule has 0 unspecified atom stereocenters. The highest BCUT2D eigenvalue weighted by Crippen LogP contribution is 2.43. The highest BCUT2D eigenvalue weighted by molar-refractivity contribution is 5.76. The lowest BCUT2D eigenvalue weighted by Crippen LogP contribution is -2.56. The highest BCUT2D eigenvalue weighted by atomic mass is 19.4. The minimum Gasteiger partial charge on any atom is -0.480 e. The quantitative estimate of drug-likeness (QED) is 0.353. The second-order valence-electron chi connectivity index (χ2n) is 10.9. The van der Waals surface area contributed by atoms with Crippen LogP contribution in [-0.4, -0.2) is 46.7 Å². The van der Waals surface area contributed by atoms with Crippen LogP contribution in [0.3, 0.4) is 0 Å². The molecule has 41 heavy (non-hydrogen) atoms. The zero-order valence-corrected chi connectivity index (χ0v) is 22.3. The molecule has 3 N–H and O–H groups in total. The second kappa shape index (κ2) is 11.1. The van der Waals surface area contributed by atoms with Gasteiger partial charge in [0.2, 0.25) is 0 Å². The summed E-state index contributed by atoms with van der Waals surface area (Å²) in [5.74, 6) is -2.34. The lowest BCUT2D eigenvalue weighted by molar-refractivity contribution is -0.143. The van der Waals surface area contributed by atoms with E-state index in [4.69, 9.17) is 0 Å². The number of hydrogen-bond acceptors (Lipinski definition) is 3. The van der Waals surface area contributed by atoms with E-state index in [1.165, 1.54) is 24.0 Å². The predicted octanol–water partition coefficient (Wildman–Crippen LogP) is 6.40. The number of carboxylic acid groups (broad SMARTS) is 1. The van der Waals surface area contributed by atoms with Crippen LogP contribution >= 0.6 is 0 Å². The van der Waals surface area contributed by atoms with E-state index in [1.54, 1.807) is 13.0 Å². The van der Waals surface area contributed by atoms with Gasteiger partial charge in [0.25, 0.3) is 0 Å². The van der Waals surface area contributed by atoms with E-state index in [9.17, 15) is 45.4 Å². The smallest absolute Gasteiger partial charge is 0.416 e. The third-order valence-corrected chi connectivity index (χ3v) is 8.07. The molecule has 4 rings (SSSR count). The number of carboxylic acids is 1. The van der Waals surface area contributed by atoms with Crippen LogP contribution in [-0.2, 0) is 17.1 Å². The average molecular weight is 590 g/mol. The standard InChI is InChI=1S/C28H30F7N3O3/c1-15-9-20(29)3-4-21(15)23-13-26(6-5-22(37-26)24(39)40)7-8-38(23)25(41)36-14-16(2)17-10-18(27(30,31)32)12-19(11-17)28(33,34)35/h3-4,9-12,16,22-23,37H,5-8,13-14H2,1-2H3,(H,36,41)(H,39,40)/t16-,22-,23-,26+/m1/s1. The Labute approximate surface area is 231 Å². The van der Waals surface area contributed by atoms with Crippen molar-refractivity contribution in [1.29, 1.82) is 0 Å². The molecule has 13 heteroatoms. The van der Waals surface area contributed by atoms with Gasteiger partial charge in [0.15, 0.2) is 0 Å². The number of amides is 2. The van der Waals surface area contributed by atoms with Crippen LogP contribution in [0, 0.1) is 12.7 Å². The minimum absolute atomic E-state index is 0.0555. The van der Waals surface area contributed by atoms with Crippen molar-refractivity contribution in [3.05, 3.63) is 70.0 Å². The van der Waals surface area contributed by atoms with Crippen molar-refractivity contribution in [2.24, 2.45) is 0 Å². The average Bonchev–Trinajstić information content (AvgIpc) is 3.29. The molecule has 1 spiro atoms. The first kappa shape index (κ1) is 30.6. The van der Waals surface area contributed by atoms with Gasteiger partial charge in [0.1, 0.15) is 11.9 Å². The van der Waals surface area contributed by atoms with E-state index < -0.39 is 64.8 Å². The van der Waals surface area contributed by atoms with E-state index in [1.807, 2.05) is 0 Å². The lowest BCUT2D eigenvalue weighted by Gasteiger charge is -2.46. The fourth-order valence-electron chi connectivity index (χ4n) is 5.81. The zero-order chi connectivity index (χ0) is 30.3. The summed E-state index contributed by atoms with van der Waals surface area (Å²) in [4.78, 5) is 26.4. The summed E-state index contributed by atoms with van der Waals surface area (Å²) in [7, 11) is 0. The first-order valence-corrected chi connectivity index (χ1v) is 13.1. The van der Waals surface area contributed by atoms with E-state index in [0.29, 0.717) is 48.9 Å². The van der Waals surface area contributed by atoms with Gasteiger partial charge in [-0.05, 0) is 85.5 Å². The topological polar surface area (TPSA) is 81.7 Å². The number of hydrogen-bond donors (Lipinski definition) is 3. The monoisotopic (exact) mass is 589 g/mol. The first-order chi connectivity index (χ1) is 19.0. The summed E-state index contributed by atoms with van der Waals surface area (Å²) in [5, 5.41) is 15.3. The van der Waals surface area contributed by atoms with Crippen molar-refractivity contribution in [2.45, 2.75) is 75.4 Å². The van der Waals surface area contributed by atoms with Crippen LogP contribution < -0.4 is 10.6 Å². The summed E-state index contributed by atoms with van der Waals surface area (Å²) >= 11 is 0. The van der Waals surface area contributed by atoms with Gasteiger partial charge in [0, 0.05) is 18.6 Å². The number of urea groups is 1. The number of rotatable bonds is 5. The van der Waals surface area contributed by atoms with Crippen LogP contribution in [0.5, 0.6) is 0 Å². The second-order valence-corrected chi connectivity index (χ2v) is 10.9. The van der Waals surface area contributed by atoms with Crippen molar-refractivity contribution < 1.29 is 45.4 Å². The molecule has 2 aromatic carbocycles. The fourth-order valence-corrected chi connectivity index (χ4v) is 5.81. The summed E-state index contributed by atoms with van der Waals surface area (Å²) in [6, 6.07) is 3.58. The van der Waals surface area contributed by atoms with Gasteiger partial charge in [-0.1, -0.05) is 13.0 Å². The molecule has 2 aliphatic heterocycles. The molecule has 2 fully saturated rings. The Kier molecular flexibility index (Phi) is 8.32.